The average molecular weight is 478 g/mol. The van der Waals surface area contributed by atoms with Crippen LogP contribution < -0.4 is 9.47 Å². The van der Waals surface area contributed by atoms with Gasteiger partial charge >= 0.3 is 5.97 Å². The molecule has 6 nitrogen and oxygen atoms in total. The van der Waals surface area contributed by atoms with Crippen LogP contribution in [0.1, 0.15) is 24.5 Å². The van der Waals surface area contributed by atoms with Crippen LogP contribution in [0, 0.1) is 0 Å². The Balaban J connectivity index is 1.80. The van der Waals surface area contributed by atoms with Crippen molar-refractivity contribution < 1.29 is 24.2 Å². The zero-order valence-electron chi connectivity index (χ0n) is 16.8. The van der Waals surface area contributed by atoms with Crippen molar-refractivity contribution in [3.8, 4) is 11.5 Å². The lowest BCUT2D eigenvalue weighted by atomic mass is 10.1. The fourth-order valence-corrected chi connectivity index (χ4v) is 4.58. The number of hydrogen-bond acceptors (Lipinski definition) is 6. The third kappa shape index (κ3) is 5.20. The molecule has 0 unspecified atom stereocenters. The summed E-state index contributed by atoms with van der Waals surface area (Å²) >= 11 is 12.5. The van der Waals surface area contributed by atoms with Crippen LogP contribution in [0.25, 0.3) is 6.08 Å². The van der Waals surface area contributed by atoms with Crippen LogP contribution in [0.3, 0.4) is 0 Å². The number of carbonyl (C=O) groups is 2. The number of nitrogens with zero attached hydrogens (tertiary/aromatic N) is 1. The van der Waals surface area contributed by atoms with Crippen LogP contribution in [0.4, 0.5) is 0 Å². The zero-order valence-corrected chi connectivity index (χ0v) is 19.2. The van der Waals surface area contributed by atoms with Crippen molar-refractivity contribution in [2.45, 2.75) is 26.0 Å². The fraction of sp³-hybridized carbons (Fsp3) is 0.227. The number of benzene rings is 2. The maximum Gasteiger partial charge on any atom is 0.326 e. The Morgan fingerprint density at radius 3 is 2.68 bits per heavy atom. The molecule has 0 bridgehead atoms. The number of carboxylic acids is 1. The lowest BCUT2D eigenvalue weighted by Gasteiger charge is -2.21. The smallest absolute Gasteiger partial charge is 0.326 e. The van der Waals surface area contributed by atoms with Crippen LogP contribution in [0.15, 0.2) is 47.4 Å². The maximum absolute atomic E-state index is 12.8. The van der Waals surface area contributed by atoms with Crippen molar-refractivity contribution in [3.05, 3.63) is 63.5 Å². The predicted molar refractivity (Wildman–Crippen MR) is 126 cm³/mol. The molecule has 31 heavy (non-hydrogen) atoms. The monoisotopic (exact) mass is 477 g/mol. The molecule has 0 aliphatic carbocycles. The van der Waals surface area contributed by atoms with Gasteiger partial charge in [-0.2, -0.15) is 0 Å². The number of methoxy groups -OCH3 is 1. The van der Waals surface area contributed by atoms with Gasteiger partial charge < -0.3 is 14.6 Å². The fourth-order valence-electron chi connectivity index (χ4n) is 3.03. The summed E-state index contributed by atoms with van der Waals surface area (Å²) in [6.07, 6.45) is 1.93. The molecule has 1 amide bonds. The number of amides is 1. The van der Waals surface area contributed by atoms with Gasteiger partial charge in [0, 0.05) is 10.6 Å². The molecule has 9 heteroatoms. The van der Waals surface area contributed by atoms with Gasteiger partial charge in [0.05, 0.1) is 12.0 Å². The summed E-state index contributed by atoms with van der Waals surface area (Å²) in [6, 6.07) is 11.7. The molecule has 2 aromatic rings. The van der Waals surface area contributed by atoms with Gasteiger partial charge in [0.25, 0.3) is 5.91 Å². The Morgan fingerprint density at radius 2 is 2.03 bits per heavy atom. The zero-order chi connectivity index (χ0) is 22.5. The molecule has 1 aliphatic heterocycles. The van der Waals surface area contributed by atoms with Gasteiger partial charge in [-0.25, -0.2) is 4.79 Å². The van der Waals surface area contributed by atoms with Crippen LogP contribution in [-0.4, -0.2) is 39.4 Å². The Kier molecular flexibility index (Phi) is 7.59. The summed E-state index contributed by atoms with van der Waals surface area (Å²) in [7, 11) is 1.53. The highest BCUT2D eigenvalue weighted by atomic mass is 35.5. The van der Waals surface area contributed by atoms with E-state index in [9.17, 15) is 14.7 Å². The van der Waals surface area contributed by atoms with Gasteiger partial charge in [0.2, 0.25) is 0 Å². The van der Waals surface area contributed by atoms with E-state index in [0.29, 0.717) is 27.0 Å². The van der Waals surface area contributed by atoms with E-state index in [0.717, 1.165) is 22.2 Å². The van der Waals surface area contributed by atoms with Crippen molar-refractivity contribution >= 4 is 57.9 Å². The Labute approximate surface area is 194 Å². The molecule has 2 aromatic carbocycles. The number of halogens is 1. The van der Waals surface area contributed by atoms with E-state index < -0.39 is 17.9 Å². The molecule has 0 radical (unpaired) electrons. The number of carbonyl (C=O) groups excluding carboxylic acids is 1. The quantitative estimate of drug-likeness (QED) is 0.424. The maximum atomic E-state index is 12.8. The molecule has 1 aliphatic rings. The molecular weight excluding hydrogens is 458 g/mol. The number of aliphatic carboxylic acids is 1. The van der Waals surface area contributed by atoms with E-state index >= 15 is 0 Å². The van der Waals surface area contributed by atoms with E-state index in [1.165, 1.54) is 7.11 Å². The molecule has 3 rings (SSSR count). The first-order valence-electron chi connectivity index (χ1n) is 9.39. The van der Waals surface area contributed by atoms with Crippen LogP contribution in [0.2, 0.25) is 5.02 Å². The molecule has 1 saturated heterocycles. The second-order valence-corrected chi connectivity index (χ2v) is 8.69. The van der Waals surface area contributed by atoms with E-state index in [1.807, 2.05) is 18.2 Å². The summed E-state index contributed by atoms with van der Waals surface area (Å²) in [4.78, 5) is 25.7. The largest absolute Gasteiger partial charge is 0.493 e. The molecule has 1 heterocycles. The normalized spacial score (nSPS) is 16.0. The first-order chi connectivity index (χ1) is 14.8. The highest BCUT2D eigenvalue weighted by Crippen LogP contribution is 2.36. The lowest BCUT2D eigenvalue weighted by Crippen LogP contribution is -2.43. The number of rotatable bonds is 8. The van der Waals surface area contributed by atoms with Crippen molar-refractivity contribution in [1.29, 1.82) is 0 Å². The summed E-state index contributed by atoms with van der Waals surface area (Å²) in [5, 5.41) is 9.99. The average Bonchev–Trinajstić information content (AvgIpc) is 3.02. The van der Waals surface area contributed by atoms with Gasteiger partial charge in [-0.1, -0.05) is 66.8 Å². The third-order valence-corrected chi connectivity index (χ3v) is 6.33. The highest BCUT2D eigenvalue weighted by molar-refractivity contribution is 8.26. The first kappa shape index (κ1) is 23.1. The molecule has 1 atom stereocenters. The Hall–Kier alpha value is -2.55. The summed E-state index contributed by atoms with van der Waals surface area (Å²) in [5.74, 6) is -0.471. The molecule has 0 spiro atoms. The van der Waals surface area contributed by atoms with Crippen LogP contribution >= 0.6 is 35.6 Å². The second-order valence-electron chi connectivity index (χ2n) is 6.60. The lowest BCUT2D eigenvalue weighted by molar-refractivity contribution is -0.145. The number of carboxylic acid groups (broad SMARTS) is 1. The van der Waals surface area contributed by atoms with E-state index in [1.54, 1.807) is 37.3 Å². The van der Waals surface area contributed by atoms with Gasteiger partial charge in [-0.3, -0.25) is 9.69 Å². The molecule has 0 saturated carbocycles. The summed E-state index contributed by atoms with van der Waals surface area (Å²) < 4.78 is 11.5. The SMILES string of the molecule is CC[C@H](C(=O)O)N1C(=O)/C(=C\c2ccc(OCc3ccccc3Cl)c(OC)c2)SC1=S. The van der Waals surface area contributed by atoms with Crippen LogP contribution in [0.5, 0.6) is 11.5 Å². The van der Waals surface area contributed by atoms with Crippen molar-refractivity contribution in [1.82, 2.24) is 4.90 Å². The van der Waals surface area contributed by atoms with E-state index in [-0.39, 0.29) is 17.3 Å². The van der Waals surface area contributed by atoms with E-state index in [2.05, 4.69) is 0 Å². The van der Waals surface area contributed by atoms with Crippen molar-refractivity contribution in [2.24, 2.45) is 0 Å². The summed E-state index contributed by atoms with van der Waals surface area (Å²) in [5.41, 5.74) is 1.55. The van der Waals surface area contributed by atoms with Crippen molar-refractivity contribution in [3.63, 3.8) is 0 Å². The molecular formula is C22H20ClNO5S2. The molecule has 1 fully saturated rings. The molecule has 0 aromatic heterocycles. The number of ether oxygens (including phenoxy) is 2. The molecule has 1 N–H and O–H groups in total. The number of hydrogen-bond donors (Lipinski definition) is 1. The number of thioether (sulfide) groups is 1. The van der Waals surface area contributed by atoms with Gasteiger partial charge in [-0.05, 0) is 36.3 Å². The van der Waals surface area contributed by atoms with Gasteiger partial charge in [0.15, 0.2) is 11.5 Å². The number of thiocarbonyl (C=S) groups is 1. The van der Waals surface area contributed by atoms with Crippen LogP contribution in [-0.2, 0) is 16.2 Å². The predicted octanol–water partition coefficient (Wildman–Crippen LogP) is 4.99. The van der Waals surface area contributed by atoms with Gasteiger partial charge in [-0.15, -0.1) is 0 Å². The highest BCUT2D eigenvalue weighted by Gasteiger charge is 2.39. The topological polar surface area (TPSA) is 76.1 Å². The Bertz CT molecular complexity index is 1060. The Morgan fingerprint density at radius 1 is 1.29 bits per heavy atom. The minimum atomic E-state index is -1.08. The second kappa shape index (κ2) is 10.2. The van der Waals surface area contributed by atoms with Gasteiger partial charge in [0.1, 0.15) is 17.0 Å². The van der Waals surface area contributed by atoms with E-state index in [4.69, 9.17) is 33.3 Å². The standard InChI is InChI=1S/C22H20ClNO5S2/c1-3-16(21(26)27)24-20(25)19(31-22(24)30)11-13-8-9-17(18(10-13)28-2)29-12-14-6-4-5-7-15(14)23/h4-11,16H,3,12H2,1-2H3,(H,26,27)/b19-11+/t16-/m1/s1. The first-order valence-corrected chi connectivity index (χ1v) is 11.0. The minimum Gasteiger partial charge on any atom is -0.493 e. The minimum absolute atomic E-state index is 0.233. The molecule has 162 valence electrons. The van der Waals surface area contributed by atoms with Crippen molar-refractivity contribution in [2.75, 3.05) is 7.11 Å². The summed E-state index contributed by atoms with van der Waals surface area (Å²) in [6.45, 7) is 1.98. The third-order valence-electron chi connectivity index (χ3n) is 4.63.